The summed E-state index contributed by atoms with van der Waals surface area (Å²) in [5.74, 6) is -0.591. The molecule has 0 aromatic heterocycles. The lowest BCUT2D eigenvalue weighted by molar-refractivity contribution is -0.135. The second-order valence-electron chi connectivity index (χ2n) is 7.01. The van der Waals surface area contributed by atoms with E-state index < -0.39 is 5.97 Å². The number of anilines is 2. The third-order valence-electron chi connectivity index (χ3n) is 4.47. The van der Waals surface area contributed by atoms with Gasteiger partial charge in [-0.05, 0) is 54.2 Å². The smallest absolute Gasteiger partial charge is 0.323 e. The Morgan fingerprint density at radius 3 is 2.22 bits per heavy atom. The van der Waals surface area contributed by atoms with E-state index >= 15 is 0 Å². The minimum atomic E-state index is -0.832. The van der Waals surface area contributed by atoms with Crippen LogP contribution in [0.4, 0.5) is 11.4 Å². The van der Waals surface area contributed by atoms with Crippen LogP contribution in [0.1, 0.15) is 50.3 Å². The first-order valence-corrected chi connectivity index (χ1v) is 9.26. The summed E-state index contributed by atoms with van der Waals surface area (Å²) in [6.45, 7) is 8.33. The molecule has 0 spiro atoms. The van der Waals surface area contributed by atoms with E-state index in [1.165, 1.54) is 12.5 Å². The first-order valence-electron chi connectivity index (χ1n) is 9.26. The Kier molecular flexibility index (Phi) is 6.99. The number of hydrogen-bond donors (Lipinski definition) is 2. The Labute approximate surface area is 161 Å². The zero-order valence-electron chi connectivity index (χ0n) is 16.5. The summed E-state index contributed by atoms with van der Waals surface area (Å²) in [4.78, 5) is 24.2. The van der Waals surface area contributed by atoms with Crippen molar-refractivity contribution in [1.29, 1.82) is 0 Å². The summed E-state index contributed by atoms with van der Waals surface area (Å²) >= 11 is 0. The van der Waals surface area contributed by atoms with Gasteiger partial charge in [0, 0.05) is 24.8 Å². The molecule has 0 saturated heterocycles. The third-order valence-corrected chi connectivity index (χ3v) is 4.47. The molecule has 1 amide bonds. The summed E-state index contributed by atoms with van der Waals surface area (Å²) in [7, 11) is 0. The van der Waals surface area contributed by atoms with Crippen LogP contribution in [-0.4, -0.2) is 30.1 Å². The van der Waals surface area contributed by atoms with Gasteiger partial charge in [-0.3, -0.25) is 9.59 Å². The zero-order chi connectivity index (χ0) is 20.0. The van der Waals surface area contributed by atoms with Gasteiger partial charge in [0.2, 0.25) is 5.91 Å². The molecule has 5 nitrogen and oxygen atoms in total. The van der Waals surface area contributed by atoms with Crippen molar-refractivity contribution >= 4 is 23.3 Å². The summed E-state index contributed by atoms with van der Waals surface area (Å²) < 4.78 is 0. The van der Waals surface area contributed by atoms with Gasteiger partial charge in [0.15, 0.2) is 0 Å². The Morgan fingerprint density at radius 2 is 1.70 bits per heavy atom. The van der Waals surface area contributed by atoms with Gasteiger partial charge in [-0.1, -0.05) is 38.1 Å². The predicted molar refractivity (Wildman–Crippen MR) is 110 cm³/mol. The first kappa shape index (κ1) is 20.5. The SMILES string of the molecule is CCN(CC(=O)O)c1ccc(Cc2ccc(NC(C)=O)c(C(C)C)c2)cc1. The summed E-state index contributed by atoms with van der Waals surface area (Å²) in [5, 5.41) is 11.9. The first-order chi connectivity index (χ1) is 12.8. The van der Waals surface area contributed by atoms with E-state index in [1.807, 2.05) is 48.2 Å². The maximum atomic E-state index is 11.4. The van der Waals surface area contributed by atoms with E-state index in [-0.39, 0.29) is 12.5 Å². The molecular formula is C22H28N2O3. The molecule has 0 aliphatic carbocycles. The summed E-state index contributed by atoms with van der Waals surface area (Å²) in [6.07, 6.45) is 0.783. The fourth-order valence-electron chi connectivity index (χ4n) is 3.11. The number of nitrogens with zero attached hydrogens (tertiary/aromatic N) is 1. The molecule has 2 aromatic rings. The Morgan fingerprint density at radius 1 is 1.07 bits per heavy atom. The molecule has 2 aromatic carbocycles. The quantitative estimate of drug-likeness (QED) is 0.730. The monoisotopic (exact) mass is 368 g/mol. The number of rotatable bonds is 8. The number of carbonyl (C=O) groups excluding carboxylic acids is 1. The van der Waals surface area contributed by atoms with Crippen molar-refractivity contribution < 1.29 is 14.7 Å². The van der Waals surface area contributed by atoms with Crippen LogP contribution < -0.4 is 10.2 Å². The molecule has 0 heterocycles. The van der Waals surface area contributed by atoms with Crippen molar-refractivity contribution in [2.24, 2.45) is 0 Å². The zero-order valence-corrected chi connectivity index (χ0v) is 16.5. The Balaban J connectivity index is 2.18. The van der Waals surface area contributed by atoms with E-state index in [0.29, 0.717) is 12.5 Å². The van der Waals surface area contributed by atoms with E-state index in [4.69, 9.17) is 5.11 Å². The van der Waals surface area contributed by atoms with Gasteiger partial charge in [-0.2, -0.15) is 0 Å². The van der Waals surface area contributed by atoms with Gasteiger partial charge in [0.25, 0.3) is 0 Å². The molecule has 2 rings (SSSR count). The summed E-state index contributed by atoms with van der Waals surface area (Å²) in [6, 6.07) is 14.2. The molecule has 0 saturated carbocycles. The molecule has 0 aliphatic rings. The number of hydrogen-bond acceptors (Lipinski definition) is 3. The molecule has 0 bridgehead atoms. The maximum absolute atomic E-state index is 11.4. The van der Waals surface area contributed by atoms with Crippen molar-refractivity contribution in [2.75, 3.05) is 23.3 Å². The van der Waals surface area contributed by atoms with Crippen molar-refractivity contribution in [3.05, 3.63) is 59.2 Å². The lowest BCUT2D eigenvalue weighted by Gasteiger charge is -2.21. The number of carboxylic acids is 1. The highest BCUT2D eigenvalue weighted by molar-refractivity contribution is 5.89. The highest BCUT2D eigenvalue weighted by atomic mass is 16.4. The van der Waals surface area contributed by atoms with Crippen LogP contribution in [-0.2, 0) is 16.0 Å². The second-order valence-corrected chi connectivity index (χ2v) is 7.01. The number of nitrogens with one attached hydrogen (secondary N) is 1. The fourth-order valence-corrected chi connectivity index (χ4v) is 3.11. The topological polar surface area (TPSA) is 69.6 Å². The average molecular weight is 368 g/mol. The van der Waals surface area contributed by atoms with E-state index in [9.17, 15) is 9.59 Å². The second kappa shape index (κ2) is 9.21. The van der Waals surface area contributed by atoms with Gasteiger partial charge < -0.3 is 15.3 Å². The van der Waals surface area contributed by atoms with Crippen LogP contribution in [0.3, 0.4) is 0 Å². The van der Waals surface area contributed by atoms with Gasteiger partial charge in [-0.15, -0.1) is 0 Å². The number of amides is 1. The van der Waals surface area contributed by atoms with Crippen LogP contribution in [0.2, 0.25) is 0 Å². The fraction of sp³-hybridized carbons (Fsp3) is 0.364. The van der Waals surface area contributed by atoms with Crippen molar-refractivity contribution in [1.82, 2.24) is 0 Å². The van der Waals surface area contributed by atoms with Gasteiger partial charge in [0.1, 0.15) is 6.54 Å². The highest BCUT2D eigenvalue weighted by Gasteiger charge is 2.11. The molecule has 27 heavy (non-hydrogen) atoms. The molecule has 0 fully saturated rings. The lowest BCUT2D eigenvalue weighted by Crippen LogP contribution is -2.29. The predicted octanol–water partition coefficient (Wildman–Crippen LogP) is 4.27. The van der Waals surface area contributed by atoms with Crippen LogP contribution in [0.25, 0.3) is 0 Å². The molecule has 0 radical (unpaired) electrons. The minimum Gasteiger partial charge on any atom is -0.480 e. The van der Waals surface area contributed by atoms with Gasteiger partial charge in [-0.25, -0.2) is 0 Å². The van der Waals surface area contributed by atoms with Gasteiger partial charge >= 0.3 is 5.97 Å². The van der Waals surface area contributed by atoms with Crippen LogP contribution in [0.15, 0.2) is 42.5 Å². The largest absolute Gasteiger partial charge is 0.480 e. The highest BCUT2D eigenvalue weighted by Crippen LogP contribution is 2.27. The number of benzene rings is 2. The van der Waals surface area contributed by atoms with Crippen LogP contribution in [0, 0.1) is 0 Å². The minimum absolute atomic E-state index is 0.00178. The molecule has 0 unspecified atom stereocenters. The lowest BCUT2D eigenvalue weighted by atomic mass is 9.95. The Hall–Kier alpha value is -2.82. The van der Waals surface area contributed by atoms with Crippen molar-refractivity contribution in [2.45, 2.75) is 40.0 Å². The van der Waals surface area contributed by atoms with E-state index in [2.05, 4.69) is 25.2 Å². The molecule has 0 aliphatic heterocycles. The van der Waals surface area contributed by atoms with E-state index in [1.54, 1.807) is 0 Å². The number of carbonyl (C=O) groups is 2. The molecular weight excluding hydrogens is 340 g/mol. The summed E-state index contributed by atoms with van der Waals surface area (Å²) in [5.41, 5.74) is 5.24. The normalized spacial score (nSPS) is 10.7. The Bertz CT molecular complexity index is 798. The average Bonchev–Trinajstić information content (AvgIpc) is 2.61. The molecule has 2 N–H and O–H groups in total. The molecule has 5 heteroatoms. The third kappa shape index (κ3) is 5.84. The van der Waals surface area contributed by atoms with Crippen molar-refractivity contribution in [3.63, 3.8) is 0 Å². The molecule has 144 valence electrons. The standard InChI is InChI=1S/C22H28N2O3/c1-5-24(14-22(26)27)19-9-6-17(7-10-19)12-18-8-11-21(23-16(4)25)20(13-18)15(2)3/h6-11,13,15H,5,12,14H2,1-4H3,(H,23,25)(H,26,27). The van der Waals surface area contributed by atoms with Crippen molar-refractivity contribution in [3.8, 4) is 0 Å². The number of carboxylic acid groups (broad SMARTS) is 1. The number of likely N-dealkylation sites (N-methyl/N-ethyl adjacent to an activating group) is 1. The van der Waals surface area contributed by atoms with E-state index in [0.717, 1.165) is 28.9 Å². The van der Waals surface area contributed by atoms with Crippen LogP contribution >= 0.6 is 0 Å². The maximum Gasteiger partial charge on any atom is 0.323 e. The van der Waals surface area contributed by atoms with Crippen LogP contribution in [0.5, 0.6) is 0 Å². The van der Waals surface area contributed by atoms with Gasteiger partial charge in [0.05, 0.1) is 0 Å². The molecule has 0 atom stereocenters. The number of aliphatic carboxylic acids is 1.